The largest absolute Gasteiger partial charge is 0.354 e. The molecular weight excluding hydrogens is 484 g/mol. The first-order chi connectivity index (χ1) is 18.8. The monoisotopic (exact) mass is 522 g/mol. The Balaban J connectivity index is 1.71. The molecule has 202 valence electrons. The molecule has 0 spiro atoms. The number of hydrogen-bond donors (Lipinski definition) is 2. The van der Waals surface area contributed by atoms with Crippen molar-refractivity contribution in [1.29, 1.82) is 0 Å². The molecule has 3 atom stereocenters. The molecule has 1 aliphatic heterocycles. The number of aromatic nitrogens is 1. The van der Waals surface area contributed by atoms with E-state index in [1.165, 1.54) is 5.56 Å². The molecule has 5 rings (SSSR count). The van der Waals surface area contributed by atoms with Crippen LogP contribution in [0, 0.1) is 12.8 Å². The first kappa shape index (κ1) is 26.7. The maximum absolute atomic E-state index is 14.2. The highest BCUT2D eigenvalue weighted by molar-refractivity contribution is 6.04. The number of likely N-dealkylation sites (N-methyl/N-ethyl adjacent to an activating group) is 1. The summed E-state index contributed by atoms with van der Waals surface area (Å²) >= 11 is 0. The number of nitrogens with one attached hydrogen (secondary N) is 2. The summed E-state index contributed by atoms with van der Waals surface area (Å²) < 4.78 is 0. The summed E-state index contributed by atoms with van der Waals surface area (Å²) in [5.74, 6) is -0.226. The molecule has 0 radical (unpaired) electrons. The van der Waals surface area contributed by atoms with Crippen LogP contribution in [0.25, 0.3) is 22.2 Å². The number of amides is 2. The molecule has 39 heavy (non-hydrogen) atoms. The van der Waals surface area contributed by atoms with E-state index in [1.807, 2.05) is 60.3 Å². The fraction of sp³-hybridized carbons (Fsp3) is 0.333. The van der Waals surface area contributed by atoms with Crippen LogP contribution in [0.4, 0.5) is 0 Å². The van der Waals surface area contributed by atoms with Crippen LogP contribution in [-0.2, 0) is 4.79 Å². The Morgan fingerprint density at radius 1 is 1.03 bits per heavy atom. The summed E-state index contributed by atoms with van der Waals surface area (Å²) in [4.78, 5) is 35.6. The van der Waals surface area contributed by atoms with Gasteiger partial charge in [-0.25, -0.2) is 0 Å². The van der Waals surface area contributed by atoms with Gasteiger partial charge in [0, 0.05) is 35.1 Å². The Bertz CT molecular complexity index is 1490. The molecule has 0 saturated heterocycles. The molecule has 0 aliphatic carbocycles. The van der Waals surface area contributed by atoms with E-state index < -0.39 is 12.1 Å². The fourth-order valence-electron chi connectivity index (χ4n) is 5.70. The van der Waals surface area contributed by atoms with E-state index in [9.17, 15) is 9.59 Å². The van der Waals surface area contributed by atoms with Crippen LogP contribution >= 0.6 is 0 Å². The van der Waals surface area contributed by atoms with Gasteiger partial charge >= 0.3 is 0 Å². The molecule has 1 aromatic heterocycles. The molecule has 3 unspecified atom stereocenters. The second kappa shape index (κ2) is 11.1. The van der Waals surface area contributed by atoms with Gasteiger partial charge in [0.1, 0.15) is 6.04 Å². The zero-order chi connectivity index (χ0) is 27.7. The molecule has 1 aliphatic rings. The van der Waals surface area contributed by atoms with Gasteiger partial charge in [0.05, 0.1) is 11.7 Å². The van der Waals surface area contributed by atoms with E-state index in [4.69, 9.17) is 0 Å². The lowest BCUT2D eigenvalue weighted by molar-refractivity contribution is -0.127. The molecule has 2 heterocycles. The van der Waals surface area contributed by atoms with Crippen molar-refractivity contribution in [2.24, 2.45) is 5.92 Å². The van der Waals surface area contributed by atoms with E-state index in [-0.39, 0.29) is 17.7 Å². The molecule has 0 saturated carbocycles. The summed E-state index contributed by atoms with van der Waals surface area (Å²) in [5.41, 5.74) is 6.86. The van der Waals surface area contributed by atoms with Crippen LogP contribution in [0.15, 0.2) is 72.8 Å². The predicted molar refractivity (Wildman–Crippen MR) is 158 cm³/mol. The lowest BCUT2D eigenvalue weighted by atomic mass is 9.90. The van der Waals surface area contributed by atoms with Crippen molar-refractivity contribution in [3.63, 3.8) is 0 Å². The quantitative estimate of drug-likeness (QED) is 0.293. The van der Waals surface area contributed by atoms with Crippen LogP contribution in [0.3, 0.4) is 0 Å². The highest BCUT2D eigenvalue weighted by atomic mass is 16.2. The molecule has 0 fully saturated rings. The highest BCUT2D eigenvalue weighted by Gasteiger charge is 2.47. The zero-order valence-electron chi connectivity index (χ0n) is 23.5. The Morgan fingerprint density at radius 2 is 1.72 bits per heavy atom. The van der Waals surface area contributed by atoms with Gasteiger partial charge in [-0.05, 0) is 50.2 Å². The Hall–Kier alpha value is -3.90. The number of H-pyrrole nitrogens is 1. The second-order valence-electron chi connectivity index (χ2n) is 11.0. The van der Waals surface area contributed by atoms with Gasteiger partial charge in [0.25, 0.3) is 5.91 Å². The van der Waals surface area contributed by atoms with Crippen molar-refractivity contribution in [3.05, 3.63) is 95.1 Å². The average Bonchev–Trinajstić information content (AvgIpc) is 3.44. The van der Waals surface area contributed by atoms with Crippen LogP contribution in [-0.4, -0.2) is 59.8 Å². The summed E-state index contributed by atoms with van der Waals surface area (Å²) in [7, 11) is 3.97. The molecule has 6 nitrogen and oxygen atoms in total. The first-order valence-electron chi connectivity index (χ1n) is 13.8. The van der Waals surface area contributed by atoms with Gasteiger partial charge in [0.2, 0.25) is 5.91 Å². The molecule has 2 amide bonds. The molecule has 3 aromatic carbocycles. The Kier molecular flexibility index (Phi) is 7.58. The maximum atomic E-state index is 14.2. The third kappa shape index (κ3) is 4.97. The van der Waals surface area contributed by atoms with Crippen molar-refractivity contribution < 1.29 is 9.59 Å². The molecule has 2 N–H and O–H groups in total. The van der Waals surface area contributed by atoms with Gasteiger partial charge < -0.3 is 20.1 Å². The SMILES string of the molecule is CCC(C)C(C(=O)NCCN(C)C)N1C(=O)c2ccccc2C1c1c(-c2ccc(C)cc2)[nH]c2ccccc12. The topological polar surface area (TPSA) is 68.4 Å². The van der Waals surface area contributed by atoms with Crippen LogP contribution < -0.4 is 5.32 Å². The van der Waals surface area contributed by atoms with Crippen molar-refractivity contribution in [1.82, 2.24) is 20.1 Å². The molecular formula is C33H38N4O2. The van der Waals surface area contributed by atoms with Gasteiger partial charge in [0.15, 0.2) is 0 Å². The fourth-order valence-corrected chi connectivity index (χ4v) is 5.70. The number of fused-ring (bicyclic) bond motifs is 2. The third-order valence-corrected chi connectivity index (χ3v) is 7.97. The highest BCUT2D eigenvalue weighted by Crippen LogP contribution is 2.47. The van der Waals surface area contributed by atoms with Crippen molar-refractivity contribution in [3.8, 4) is 11.3 Å². The van der Waals surface area contributed by atoms with Gasteiger partial charge in [-0.2, -0.15) is 0 Å². The number of carbonyl (C=O) groups is 2. The Labute approximate surface area is 231 Å². The van der Waals surface area contributed by atoms with Crippen molar-refractivity contribution in [2.75, 3.05) is 27.2 Å². The number of hydrogen-bond acceptors (Lipinski definition) is 3. The lowest BCUT2D eigenvalue weighted by Gasteiger charge is -2.36. The minimum atomic E-state index is -0.610. The zero-order valence-corrected chi connectivity index (χ0v) is 23.5. The number of aryl methyl sites for hydroxylation is 1. The van der Waals surface area contributed by atoms with Crippen LogP contribution in [0.5, 0.6) is 0 Å². The average molecular weight is 523 g/mol. The predicted octanol–water partition coefficient (Wildman–Crippen LogP) is 5.78. The van der Waals surface area contributed by atoms with E-state index >= 15 is 0 Å². The number of carbonyl (C=O) groups excluding carboxylic acids is 2. The number of aromatic amines is 1. The lowest BCUT2D eigenvalue weighted by Crippen LogP contribution is -2.52. The second-order valence-corrected chi connectivity index (χ2v) is 11.0. The number of benzene rings is 3. The molecule has 6 heteroatoms. The summed E-state index contributed by atoms with van der Waals surface area (Å²) in [6, 6.07) is 23.5. The van der Waals surface area contributed by atoms with Crippen molar-refractivity contribution >= 4 is 22.7 Å². The van der Waals surface area contributed by atoms with Gasteiger partial charge in [-0.3, -0.25) is 9.59 Å². The molecule has 4 aromatic rings. The normalized spacial score (nSPS) is 16.5. The van der Waals surface area contributed by atoms with Crippen molar-refractivity contribution in [2.45, 2.75) is 39.3 Å². The number of para-hydroxylation sites is 1. The van der Waals surface area contributed by atoms with Gasteiger partial charge in [-0.1, -0.05) is 86.5 Å². The van der Waals surface area contributed by atoms with E-state index in [2.05, 4.69) is 67.5 Å². The summed E-state index contributed by atoms with van der Waals surface area (Å²) in [5, 5.41) is 4.19. The standard InChI is InChI=1S/C33H38N4O2/c1-6-22(3)30(32(38)34-19-20-36(4)5)37-31(24-11-7-8-12-25(24)33(37)39)28-26-13-9-10-14-27(26)35-29(28)23-17-15-21(2)16-18-23/h7-18,22,30-31,35H,6,19-20H2,1-5H3,(H,34,38). The third-order valence-electron chi connectivity index (χ3n) is 7.97. The Morgan fingerprint density at radius 3 is 2.44 bits per heavy atom. The summed E-state index contributed by atoms with van der Waals surface area (Å²) in [6.45, 7) is 7.49. The van der Waals surface area contributed by atoms with Crippen LogP contribution in [0.2, 0.25) is 0 Å². The van der Waals surface area contributed by atoms with Crippen LogP contribution in [0.1, 0.15) is 53.4 Å². The van der Waals surface area contributed by atoms with E-state index in [0.717, 1.165) is 46.3 Å². The van der Waals surface area contributed by atoms with E-state index in [1.54, 1.807) is 0 Å². The van der Waals surface area contributed by atoms with E-state index in [0.29, 0.717) is 12.1 Å². The van der Waals surface area contributed by atoms with Gasteiger partial charge in [-0.15, -0.1) is 0 Å². The maximum Gasteiger partial charge on any atom is 0.255 e. The minimum Gasteiger partial charge on any atom is -0.354 e. The minimum absolute atomic E-state index is 0.0295. The molecule has 0 bridgehead atoms. The first-order valence-corrected chi connectivity index (χ1v) is 13.8. The number of nitrogens with zero attached hydrogens (tertiary/aromatic N) is 2. The smallest absolute Gasteiger partial charge is 0.255 e. The number of rotatable bonds is 9. The summed E-state index contributed by atoms with van der Waals surface area (Å²) in [6.07, 6.45) is 0.775.